The van der Waals surface area contributed by atoms with E-state index in [0.717, 1.165) is 11.1 Å². The summed E-state index contributed by atoms with van der Waals surface area (Å²) in [6, 6.07) is 17.1. The van der Waals surface area contributed by atoms with Gasteiger partial charge in [-0.05, 0) is 38.1 Å². The molecule has 3 heterocycles. The van der Waals surface area contributed by atoms with Crippen LogP contribution < -0.4 is 15.6 Å². The Kier molecular flexibility index (Phi) is 6.58. The summed E-state index contributed by atoms with van der Waals surface area (Å²) < 4.78 is 12.0. The molecule has 9 heteroatoms. The summed E-state index contributed by atoms with van der Waals surface area (Å²) in [7, 11) is 0. The van der Waals surface area contributed by atoms with E-state index in [1.807, 2.05) is 31.2 Å². The molecule has 1 N–H and O–H groups in total. The molecule has 0 bridgehead atoms. The lowest BCUT2D eigenvalue weighted by Crippen LogP contribution is -2.38. The van der Waals surface area contributed by atoms with Crippen LogP contribution in [0.2, 0.25) is 0 Å². The third-order valence-electron chi connectivity index (χ3n) is 4.98. The summed E-state index contributed by atoms with van der Waals surface area (Å²) in [5.74, 6) is 0.607. The second-order valence-corrected chi connectivity index (χ2v) is 7.42. The van der Waals surface area contributed by atoms with Crippen LogP contribution in [0.25, 0.3) is 22.7 Å². The molecule has 168 valence electrons. The van der Waals surface area contributed by atoms with E-state index in [1.165, 1.54) is 10.7 Å². The quantitative estimate of drug-likeness (QED) is 0.415. The number of carbonyl (C=O) groups is 1. The molecule has 9 nitrogen and oxygen atoms in total. The normalized spacial score (nSPS) is 11.7. The molecule has 4 aromatic rings. The van der Waals surface area contributed by atoms with E-state index >= 15 is 0 Å². The van der Waals surface area contributed by atoms with Gasteiger partial charge >= 0.3 is 0 Å². The molecule has 0 saturated heterocycles. The highest BCUT2D eigenvalue weighted by Crippen LogP contribution is 2.18. The Morgan fingerprint density at radius 1 is 1.06 bits per heavy atom. The molecule has 0 radical (unpaired) electrons. The van der Waals surface area contributed by atoms with Crippen LogP contribution in [0, 0.1) is 6.92 Å². The largest absolute Gasteiger partial charge is 0.475 e. The predicted molar refractivity (Wildman–Crippen MR) is 122 cm³/mol. The van der Waals surface area contributed by atoms with E-state index in [9.17, 15) is 9.59 Å². The zero-order valence-corrected chi connectivity index (χ0v) is 18.3. The number of furan rings is 1. The lowest BCUT2D eigenvalue weighted by molar-refractivity contribution is -0.124. The van der Waals surface area contributed by atoms with Crippen molar-refractivity contribution in [2.45, 2.75) is 19.9 Å². The Morgan fingerprint density at radius 2 is 1.85 bits per heavy atom. The number of hydrogen-bond acceptors (Lipinski definition) is 7. The maximum Gasteiger partial charge on any atom is 0.267 e. The number of amides is 1. The zero-order valence-electron chi connectivity index (χ0n) is 18.3. The number of aromatic nitrogens is 4. The van der Waals surface area contributed by atoms with E-state index in [1.54, 1.807) is 43.5 Å². The minimum absolute atomic E-state index is 0.193. The van der Waals surface area contributed by atoms with E-state index in [2.05, 4.69) is 20.6 Å². The molecular formula is C24H23N5O4. The maximum absolute atomic E-state index is 12.6. The second-order valence-electron chi connectivity index (χ2n) is 7.42. The van der Waals surface area contributed by atoms with Crippen molar-refractivity contribution in [3.63, 3.8) is 0 Å². The van der Waals surface area contributed by atoms with Gasteiger partial charge in [-0.1, -0.05) is 29.8 Å². The SMILES string of the molecule is Cc1ccc(-c2ccc(=O)n(C(C)C(=O)NCCOc3ccc(-c4ccco4)nn3)n2)cc1. The monoisotopic (exact) mass is 445 g/mol. The summed E-state index contributed by atoms with van der Waals surface area (Å²) in [5, 5.41) is 15.2. The van der Waals surface area contributed by atoms with Crippen LogP contribution in [0.5, 0.6) is 5.88 Å². The first-order chi connectivity index (χ1) is 16.0. The van der Waals surface area contributed by atoms with Crippen LogP contribution in [0.4, 0.5) is 0 Å². The number of carbonyl (C=O) groups excluding carboxylic acids is 1. The minimum Gasteiger partial charge on any atom is -0.475 e. The van der Waals surface area contributed by atoms with Crippen molar-refractivity contribution in [2.24, 2.45) is 0 Å². The molecule has 0 aliphatic carbocycles. The molecule has 1 amide bonds. The van der Waals surface area contributed by atoms with Gasteiger partial charge in [-0.25, -0.2) is 4.68 Å². The average molecular weight is 445 g/mol. The van der Waals surface area contributed by atoms with Gasteiger partial charge < -0.3 is 14.5 Å². The predicted octanol–water partition coefficient (Wildman–Crippen LogP) is 3.02. The van der Waals surface area contributed by atoms with Crippen molar-refractivity contribution in [1.82, 2.24) is 25.3 Å². The third kappa shape index (κ3) is 5.32. The number of nitrogens with one attached hydrogen (secondary N) is 1. The van der Waals surface area contributed by atoms with Crippen molar-refractivity contribution in [1.29, 1.82) is 0 Å². The van der Waals surface area contributed by atoms with Crippen LogP contribution in [0.1, 0.15) is 18.5 Å². The van der Waals surface area contributed by atoms with E-state index in [-0.39, 0.29) is 24.6 Å². The fraction of sp³-hybridized carbons (Fsp3) is 0.208. The Bertz CT molecular complexity index is 1270. The molecule has 0 saturated carbocycles. The fourth-order valence-electron chi connectivity index (χ4n) is 3.12. The number of ether oxygens (including phenoxy) is 1. The lowest BCUT2D eigenvalue weighted by Gasteiger charge is -2.15. The lowest BCUT2D eigenvalue weighted by atomic mass is 10.1. The van der Waals surface area contributed by atoms with Gasteiger partial charge in [0.2, 0.25) is 11.8 Å². The Labute approximate surface area is 190 Å². The smallest absolute Gasteiger partial charge is 0.267 e. The fourth-order valence-corrected chi connectivity index (χ4v) is 3.12. The molecule has 4 rings (SSSR count). The van der Waals surface area contributed by atoms with Crippen LogP contribution in [0.3, 0.4) is 0 Å². The van der Waals surface area contributed by atoms with E-state index in [4.69, 9.17) is 9.15 Å². The first-order valence-electron chi connectivity index (χ1n) is 10.5. The number of rotatable bonds is 8. The first-order valence-corrected chi connectivity index (χ1v) is 10.5. The van der Waals surface area contributed by atoms with Crippen LogP contribution in [0.15, 0.2) is 76.1 Å². The van der Waals surface area contributed by atoms with Crippen LogP contribution in [-0.2, 0) is 4.79 Å². The van der Waals surface area contributed by atoms with Crippen molar-refractivity contribution in [3.8, 4) is 28.6 Å². The summed E-state index contributed by atoms with van der Waals surface area (Å²) in [5.41, 5.74) is 2.86. The van der Waals surface area contributed by atoms with Crippen molar-refractivity contribution in [2.75, 3.05) is 13.2 Å². The Morgan fingerprint density at radius 3 is 2.55 bits per heavy atom. The summed E-state index contributed by atoms with van der Waals surface area (Å²) >= 11 is 0. The Balaban J connectivity index is 1.32. The van der Waals surface area contributed by atoms with Gasteiger partial charge in [0.15, 0.2) is 5.76 Å². The number of benzene rings is 1. The molecule has 0 fully saturated rings. The summed E-state index contributed by atoms with van der Waals surface area (Å²) in [6.45, 7) is 4.05. The molecule has 0 aliphatic rings. The van der Waals surface area contributed by atoms with Gasteiger partial charge in [-0.15, -0.1) is 10.2 Å². The highest BCUT2D eigenvalue weighted by molar-refractivity contribution is 5.79. The molecule has 1 unspecified atom stereocenters. The highest BCUT2D eigenvalue weighted by Gasteiger charge is 2.18. The molecule has 0 spiro atoms. The maximum atomic E-state index is 12.6. The standard InChI is InChI=1S/C24H23N5O4/c1-16-5-7-18(8-6-16)19-10-12-23(30)29(28-19)17(2)24(31)25-13-15-33-22-11-9-20(26-27-22)21-4-3-14-32-21/h3-12,14,17H,13,15H2,1-2H3,(H,25,31). The first kappa shape index (κ1) is 21.9. The Hall–Kier alpha value is -4.27. The molecule has 0 aliphatic heterocycles. The molecule has 3 aromatic heterocycles. The average Bonchev–Trinajstić information content (AvgIpc) is 3.38. The van der Waals surface area contributed by atoms with Gasteiger partial charge in [-0.3, -0.25) is 9.59 Å². The van der Waals surface area contributed by atoms with Gasteiger partial charge in [0.05, 0.1) is 18.5 Å². The number of aryl methyl sites for hydroxylation is 1. The zero-order chi connectivity index (χ0) is 23.2. The molecule has 1 atom stereocenters. The van der Waals surface area contributed by atoms with Crippen molar-refractivity contribution < 1.29 is 13.9 Å². The summed E-state index contributed by atoms with van der Waals surface area (Å²) in [4.78, 5) is 24.9. The molecule has 33 heavy (non-hydrogen) atoms. The second kappa shape index (κ2) is 9.90. The summed E-state index contributed by atoms with van der Waals surface area (Å²) in [6.07, 6.45) is 1.56. The minimum atomic E-state index is -0.782. The van der Waals surface area contributed by atoms with Crippen LogP contribution in [-0.4, -0.2) is 39.0 Å². The number of hydrogen-bond donors (Lipinski definition) is 1. The van der Waals surface area contributed by atoms with Gasteiger partial charge in [0.1, 0.15) is 18.3 Å². The van der Waals surface area contributed by atoms with Crippen LogP contribution >= 0.6 is 0 Å². The van der Waals surface area contributed by atoms with Crippen molar-refractivity contribution >= 4 is 5.91 Å². The van der Waals surface area contributed by atoms with Crippen molar-refractivity contribution in [3.05, 3.63) is 82.8 Å². The number of nitrogens with zero attached hydrogens (tertiary/aromatic N) is 4. The third-order valence-corrected chi connectivity index (χ3v) is 4.98. The highest BCUT2D eigenvalue weighted by atomic mass is 16.5. The molecule has 1 aromatic carbocycles. The van der Waals surface area contributed by atoms with E-state index in [0.29, 0.717) is 23.0 Å². The van der Waals surface area contributed by atoms with Gasteiger partial charge in [-0.2, -0.15) is 5.10 Å². The van der Waals surface area contributed by atoms with Gasteiger partial charge in [0.25, 0.3) is 5.56 Å². The van der Waals surface area contributed by atoms with E-state index < -0.39 is 6.04 Å². The molecular weight excluding hydrogens is 422 g/mol. The topological polar surface area (TPSA) is 112 Å². The van der Waals surface area contributed by atoms with Gasteiger partial charge in [0, 0.05) is 17.7 Å².